The quantitative estimate of drug-likeness (QED) is 0.716. The molecule has 1 aromatic carbocycles. The fourth-order valence-corrected chi connectivity index (χ4v) is 2.23. The molecule has 7 nitrogen and oxygen atoms in total. The van der Waals surface area contributed by atoms with Gasteiger partial charge in [-0.25, -0.2) is 14.2 Å². The van der Waals surface area contributed by atoms with Crippen molar-refractivity contribution in [3.63, 3.8) is 0 Å². The first-order valence-electron chi connectivity index (χ1n) is 7.28. The molecule has 0 radical (unpaired) electrons. The van der Waals surface area contributed by atoms with Crippen LogP contribution in [-0.4, -0.2) is 21.4 Å². The molecule has 0 unspecified atom stereocenters. The molecule has 0 saturated heterocycles. The summed E-state index contributed by atoms with van der Waals surface area (Å²) < 4.78 is 25.0. The number of ether oxygens (including phenoxy) is 1. The number of amides is 1. The van der Waals surface area contributed by atoms with Crippen molar-refractivity contribution in [2.75, 3.05) is 0 Å². The van der Waals surface area contributed by atoms with Crippen LogP contribution in [0.5, 0.6) is 0 Å². The van der Waals surface area contributed by atoms with E-state index in [2.05, 4.69) is 4.98 Å². The maximum atomic E-state index is 12.9. The summed E-state index contributed by atoms with van der Waals surface area (Å²) in [6.07, 6.45) is 2.90. The molecule has 1 amide bonds. The van der Waals surface area contributed by atoms with Crippen LogP contribution in [0.2, 0.25) is 0 Å². The highest BCUT2D eigenvalue weighted by molar-refractivity contribution is 5.96. The molecule has 0 aliphatic heterocycles. The van der Waals surface area contributed by atoms with Gasteiger partial charge in [-0.2, -0.15) is 0 Å². The number of rotatable bonds is 5. The second-order valence-electron chi connectivity index (χ2n) is 5.29. The number of hydrogen-bond donors (Lipinski definition) is 1. The molecular weight excluding hydrogens is 329 g/mol. The van der Waals surface area contributed by atoms with E-state index in [1.54, 1.807) is 19.2 Å². The number of nitrogens with two attached hydrogens (primary N) is 1. The first kappa shape index (κ1) is 16.4. The van der Waals surface area contributed by atoms with Crippen LogP contribution < -0.4 is 5.73 Å². The predicted molar refractivity (Wildman–Crippen MR) is 84.9 cm³/mol. The van der Waals surface area contributed by atoms with E-state index in [-0.39, 0.29) is 29.6 Å². The van der Waals surface area contributed by atoms with E-state index in [1.807, 2.05) is 0 Å². The van der Waals surface area contributed by atoms with Gasteiger partial charge in [0.05, 0.1) is 11.8 Å². The standard InChI is InChI=1S/C17H14FN3O4/c1-21-8-11(16(19)22)6-13(21)17(23)24-9-15-20-7-14(25-15)10-2-4-12(18)5-3-10/h2-8H,9H2,1H3,(H2,19,22). The van der Waals surface area contributed by atoms with E-state index in [9.17, 15) is 14.0 Å². The minimum Gasteiger partial charge on any atom is -0.451 e. The van der Waals surface area contributed by atoms with Crippen LogP contribution in [0.4, 0.5) is 4.39 Å². The van der Waals surface area contributed by atoms with E-state index in [0.717, 1.165) is 0 Å². The van der Waals surface area contributed by atoms with Gasteiger partial charge in [-0.15, -0.1) is 0 Å². The number of aryl methyl sites for hydroxylation is 1. The number of hydrogen-bond acceptors (Lipinski definition) is 5. The summed E-state index contributed by atoms with van der Waals surface area (Å²) in [6.45, 7) is -0.183. The number of primary amides is 1. The zero-order valence-electron chi connectivity index (χ0n) is 13.2. The third-order valence-electron chi connectivity index (χ3n) is 3.51. The lowest BCUT2D eigenvalue weighted by Crippen LogP contribution is -2.10. The highest BCUT2D eigenvalue weighted by atomic mass is 19.1. The average molecular weight is 343 g/mol. The Morgan fingerprint density at radius 1 is 1.32 bits per heavy atom. The number of carbonyl (C=O) groups is 2. The van der Waals surface area contributed by atoms with Crippen molar-refractivity contribution in [3.05, 3.63) is 65.7 Å². The molecule has 0 aliphatic carbocycles. The summed E-state index contributed by atoms with van der Waals surface area (Å²) in [5.41, 5.74) is 6.22. The van der Waals surface area contributed by atoms with Crippen LogP contribution in [0.3, 0.4) is 0 Å². The lowest BCUT2D eigenvalue weighted by molar-refractivity contribution is 0.0428. The van der Waals surface area contributed by atoms with Gasteiger partial charge in [-0.3, -0.25) is 4.79 Å². The highest BCUT2D eigenvalue weighted by Gasteiger charge is 2.17. The van der Waals surface area contributed by atoms with E-state index in [0.29, 0.717) is 11.3 Å². The Morgan fingerprint density at radius 2 is 2.04 bits per heavy atom. The SMILES string of the molecule is Cn1cc(C(N)=O)cc1C(=O)OCc1ncc(-c2ccc(F)cc2)o1. The van der Waals surface area contributed by atoms with Gasteiger partial charge in [0.15, 0.2) is 12.4 Å². The van der Waals surface area contributed by atoms with E-state index in [1.165, 1.54) is 35.2 Å². The predicted octanol–water partition coefficient (Wildman–Crippen LogP) is 2.28. The second kappa shape index (κ2) is 6.60. The van der Waals surface area contributed by atoms with Crippen molar-refractivity contribution in [2.45, 2.75) is 6.61 Å². The largest absolute Gasteiger partial charge is 0.451 e. The summed E-state index contributed by atoms with van der Waals surface area (Å²) in [7, 11) is 1.60. The zero-order chi connectivity index (χ0) is 18.0. The summed E-state index contributed by atoms with van der Waals surface area (Å²) in [5.74, 6) is -1.00. The van der Waals surface area contributed by atoms with Crippen molar-refractivity contribution >= 4 is 11.9 Å². The van der Waals surface area contributed by atoms with Crippen molar-refractivity contribution < 1.29 is 23.1 Å². The Bertz CT molecular complexity index is 928. The molecule has 0 bridgehead atoms. The number of oxazole rings is 1. The molecule has 0 aliphatic rings. The maximum absolute atomic E-state index is 12.9. The Balaban J connectivity index is 1.67. The lowest BCUT2D eigenvalue weighted by atomic mass is 10.2. The van der Waals surface area contributed by atoms with Gasteiger partial charge in [-0.1, -0.05) is 0 Å². The van der Waals surface area contributed by atoms with Crippen molar-refractivity contribution in [1.29, 1.82) is 0 Å². The van der Waals surface area contributed by atoms with Crippen LogP contribution in [-0.2, 0) is 18.4 Å². The molecule has 3 aromatic rings. The van der Waals surface area contributed by atoms with Crippen molar-refractivity contribution in [1.82, 2.24) is 9.55 Å². The zero-order valence-corrected chi connectivity index (χ0v) is 13.2. The molecule has 2 N–H and O–H groups in total. The van der Waals surface area contributed by atoms with E-state index in [4.69, 9.17) is 14.9 Å². The first-order valence-corrected chi connectivity index (χ1v) is 7.28. The third kappa shape index (κ3) is 3.57. The van der Waals surface area contributed by atoms with Crippen LogP contribution in [0.1, 0.15) is 26.7 Å². The average Bonchev–Trinajstić information content (AvgIpc) is 3.20. The van der Waals surface area contributed by atoms with E-state index < -0.39 is 11.9 Å². The van der Waals surface area contributed by atoms with Gasteiger partial charge >= 0.3 is 5.97 Å². The number of halogens is 1. The van der Waals surface area contributed by atoms with Crippen LogP contribution in [0, 0.1) is 5.82 Å². The maximum Gasteiger partial charge on any atom is 0.355 e. The summed E-state index contributed by atoms with van der Waals surface area (Å²) in [5, 5.41) is 0. The Morgan fingerprint density at radius 3 is 2.68 bits per heavy atom. The Hall–Kier alpha value is -3.42. The second-order valence-corrected chi connectivity index (χ2v) is 5.29. The molecule has 0 saturated carbocycles. The minimum absolute atomic E-state index is 0.180. The summed E-state index contributed by atoms with van der Waals surface area (Å²) >= 11 is 0. The Labute approximate surface area is 141 Å². The van der Waals surface area contributed by atoms with Crippen molar-refractivity contribution in [3.8, 4) is 11.3 Å². The highest BCUT2D eigenvalue weighted by Crippen LogP contribution is 2.21. The number of nitrogens with zero attached hydrogens (tertiary/aromatic N) is 2. The molecule has 0 fully saturated rings. The molecule has 25 heavy (non-hydrogen) atoms. The molecule has 0 atom stereocenters. The number of carbonyl (C=O) groups excluding carboxylic acids is 2. The smallest absolute Gasteiger partial charge is 0.355 e. The molecule has 8 heteroatoms. The van der Waals surface area contributed by atoms with Crippen molar-refractivity contribution in [2.24, 2.45) is 12.8 Å². The molecule has 2 heterocycles. The monoisotopic (exact) mass is 343 g/mol. The van der Waals surface area contributed by atoms with Gasteiger partial charge in [0.1, 0.15) is 11.5 Å². The summed E-state index contributed by atoms with van der Waals surface area (Å²) in [4.78, 5) is 27.2. The fourth-order valence-electron chi connectivity index (χ4n) is 2.23. The summed E-state index contributed by atoms with van der Waals surface area (Å²) in [6, 6.07) is 7.08. The topological polar surface area (TPSA) is 100 Å². The Kier molecular flexibility index (Phi) is 4.34. The van der Waals surface area contributed by atoms with Gasteiger partial charge in [0, 0.05) is 18.8 Å². The molecule has 0 spiro atoms. The van der Waals surface area contributed by atoms with Gasteiger partial charge in [-0.05, 0) is 30.3 Å². The normalized spacial score (nSPS) is 10.6. The number of aromatic nitrogens is 2. The van der Waals surface area contributed by atoms with Crippen LogP contribution in [0.15, 0.2) is 47.1 Å². The molecule has 128 valence electrons. The lowest BCUT2D eigenvalue weighted by Gasteiger charge is -2.03. The van der Waals surface area contributed by atoms with Gasteiger partial charge < -0.3 is 19.5 Å². The van der Waals surface area contributed by atoms with Gasteiger partial charge in [0.2, 0.25) is 11.8 Å². The molecule has 2 aromatic heterocycles. The number of esters is 1. The first-order chi connectivity index (χ1) is 11.9. The van der Waals surface area contributed by atoms with Crippen LogP contribution in [0.25, 0.3) is 11.3 Å². The third-order valence-corrected chi connectivity index (χ3v) is 3.51. The molecular formula is C17H14FN3O4. The fraction of sp³-hybridized carbons (Fsp3) is 0.118. The molecule has 3 rings (SSSR count). The van der Waals surface area contributed by atoms with Crippen LogP contribution >= 0.6 is 0 Å². The van der Waals surface area contributed by atoms with Gasteiger partial charge in [0.25, 0.3) is 0 Å². The number of benzene rings is 1. The van der Waals surface area contributed by atoms with E-state index >= 15 is 0 Å². The minimum atomic E-state index is -0.642.